The first-order valence-electron chi connectivity index (χ1n) is 12.7. The van der Waals surface area contributed by atoms with Crippen LogP contribution < -0.4 is 0 Å². The van der Waals surface area contributed by atoms with Crippen molar-refractivity contribution in [2.75, 3.05) is 6.61 Å². The topological polar surface area (TPSA) is 72.8 Å². The lowest BCUT2D eigenvalue weighted by molar-refractivity contribution is -0.208. The molecular formula is C28H36O5. The Morgan fingerprint density at radius 3 is 2.58 bits per heavy atom. The van der Waals surface area contributed by atoms with Crippen LogP contribution in [0.25, 0.3) is 0 Å². The zero-order chi connectivity index (χ0) is 23.3. The summed E-state index contributed by atoms with van der Waals surface area (Å²) < 4.78 is 12.1. The van der Waals surface area contributed by atoms with Gasteiger partial charge in [-0.05, 0) is 74.2 Å². The van der Waals surface area contributed by atoms with Gasteiger partial charge in [0.25, 0.3) is 0 Å². The number of esters is 1. The van der Waals surface area contributed by atoms with E-state index < -0.39 is 17.1 Å². The van der Waals surface area contributed by atoms with Crippen molar-refractivity contribution in [2.45, 2.75) is 77.1 Å². The minimum absolute atomic E-state index is 0.0841. The molecule has 178 valence electrons. The molecule has 33 heavy (non-hydrogen) atoms. The zero-order valence-corrected chi connectivity index (χ0v) is 20.0. The van der Waals surface area contributed by atoms with Gasteiger partial charge in [0.05, 0.1) is 23.7 Å². The Morgan fingerprint density at radius 2 is 1.82 bits per heavy atom. The van der Waals surface area contributed by atoms with Gasteiger partial charge in [-0.3, -0.25) is 4.79 Å². The fourth-order valence-corrected chi connectivity index (χ4v) is 8.97. The van der Waals surface area contributed by atoms with Crippen molar-refractivity contribution in [1.82, 2.24) is 0 Å². The number of allylic oxidation sites excluding steroid dienone is 4. The van der Waals surface area contributed by atoms with Gasteiger partial charge < -0.3 is 14.6 Å². The summed E-state index contributed by atoms with van der Waals surface area (Å²) in [7, 11) is 0. The third-order valence-electron chi connectivity index (χ3n) is 11.1. The highest BCUT2D eigenvalue weighted by Gasteiger charge is 2.65. The highest BCUT2D eigenvalue weighted by molar-refractivity contribution is 5.92. The summed E-state index contributed by atoms with van der Waals surface area (Å²) in [6.45, 7) is 10.8. The number of Topliss-reactive ketones (excluding diaryl/α,β-unsaturated/α-hetero) is 1. The third-order valence-corrected chi connectivity index (χ3v) is 11.1. The van der Waals surface area contributed by atoms with Gasteiger partial charge in [-0.1, -0.05) is 31.7 Å². The number of fused-ring (bicyclic) bond motifs is 7. The first kappa shape index (κ1) is 21.8. The Bertz CT molecular complexity index is 994. The van der Waals surface area contributed by atoms with Crippen molar-refractivity contribution in [3.05, 3.63) is 36.0 Å². The summed E-state index contributed by atoms with van der Waals surface area (Å²) in [5.74, 6) is 1.20. The summed E-state index contributed by atoms with van der Waals surface area (Å²) in [4.78, 5) is 25.6. The van der Waals surface area contributed by atoms with Crippen LogP contribution in [0.4, 0.5) is 0 Å². The van der Waals surface area contributed by atoms with Crippen LogP contribution in [0.1, 0.15) is 59.3 Å². The lowest BCUT2D eigenvalue weighted by Crippen LogP contribution is -2.61. The Hall–Kier alpha value is -1.72. The zero-order valence-electron chi connectivity index (χ0n) is 20.0. The molecule has 4 fully saturated rings. The number of ether oxygens (including phenoxy) is 2. The van der Waals surface area contributed by atoms with Crippen LogP contribution in [0.2, 0.25) is 0 Å². The molecule has 1 N–H and O–H groups in total. The van der Waals surface area contributed by atoms with Crippen molar-refractivity contribution in [3.8, 4) is 0 Å². The van der Waals surface area contributed by atoms with Crippen LogP contribution >= 0.6 is 0 Å². The number of hydrogen-bond donors (Lipinski definition) is 1. The standard InChI is InChI=1S/C28H36O5/c1-15-25(31)33-22-13-26(15,2)32-14-18(22)20-11-10-19-17-9-8-16-6-5-7-23(29)27(16,3)21(17)12-24(30)28(19,20)4/h5-6,8,17-22,24,30H,1,7,9-14H2,2-4H3/t17-,18-,19-,20+,21-,22+,24+,26+,27-,28-/m0/s1. The predicted molar refractivity (Wildman–Crippen MR) is 123 cm³/mol. The fourth-order valence-electron chi connectivity index (χ4n) is 8.97. The van der Waals surface area contributed by atoms with Gasteiger partial charge in [0.15, 0.2) is 0 Å². The second kappa shape index (κ2) is 6.91. The van der Waals surface area contributed by atoms with Gasteiger partial charge in [-0.15, -0.1) is 0 Å². The fraction of sp³-hybridized carbons (Fsp3) is 0.714. The first-order chi connectivity index (χ1) is 15.6. The molecule has 4 aliphatic carbocycles. The van der Waals surface area contributed by atoms with E-state index in [0.717, 1.165) is 24.8 Å². The molecule has 2 aliphatic heterocycles. The maximum atomic E-state index is 13.2. The second-order valence-electron chi connectivity index (χ2n) is 12.1. The van der Waals surface area contributed by atoms with Gasteiger partial charge in [-0.2, -0.15) is 0 Å². The van der Waals surface area contributed by atoms with Gasteiger partial charge in [0, 0.05) is 18.8 Å². The number of carbonyl (C=O) groups is 2. The van der Waals surface area contributed by atoms with Crippen LogP contribution in [0.3, 0.4) is 0 Å². The van der Waals surface area contributed by atoms with E-state index in [0.29, 0.717) is 49.1 Å². The molecule has 2 saturated carbocycles. The lowest BCUT2D eigenvalue weighted by atomic mass is 9.46. The predicted octanol–water partition coefficient (Wildman–Crippen LogP) is 4.16. The van der Waals surface area contributed by atoms with Crippen molar-refractivity contribution >= 4 is 11.8 Å². The van der Waals surface area contributed by atoms with Gasteiger partial charge in [-0.25, -0.2) is 4.79 Å². The summed E-state index contributed by atoms with van der Waals surface area (Å²) in [5.41, 5.74) is 0.184. The number of aliphatic hydroxyl groups excluding tert-OH is 1. The van der Waals surface area contributed by atoms with E-state index in [1.54, 1.807) is 0 Å². The maximum absolute atomic E-state index is 13.2. The molecule has 0 aromatic heterocycles. The molecule has 5 heteroatoms. The number of ketones is 1. The average Bonchev–Trinajstić information content (AvgIpc) is 3.13. The Balaban J connectivity index is 1.33. The molecular weight excluding hydrogens is 416 g/mol. The highest BCUT2D eigenvalue weighted by Crippen LogP contribution is 2.67. The third kappa shape index (κ3) is 2.67. The van der Waals surface area contributed by atoms with Gasteiger partial charge in [0.1, 0.15) is 17.5 Å². The van der Waals surface area contributed by atoms with Crippen LogP contribution in [-0.4, -0.2) is 41.3 Å². The van der Waals surface area contributed by atoms with E-state index in [-0.39, 0.29) is 35.2 Å². The smallest absolute Gasteiger partial charge is 0.336 e. The van der Waals surface area contributed by atoms with Crippen molar-refractivity contribution < 1.29 is 24.2 Å². The maximum Gasteiger partial charge on any atom is 0.336 e. The van der Waals surface area contributed by atoms with Crippen LogP contribution in [0.15, 0.2) is 36.0 Å². The van der Waals surface area contributed by atoms with Crippen molar-refractivity contribution in [2.24, 2.45) is 40.4 Å². The van der Waals surface area contributed by atoms with Gasteiger partial charge in [0.2, 0.25) is 0 Å². The normalized spacial score (nSPS) is 53.0. The van der Waals surface area contributed by atoms with E-state index in [1.807, 2.05) is 13.0 Å². The molecule has 0 radical (unpaired) electrons. The Labute approximate surface area is 196 Å². The lowest BCUT2D eigenvalue weighted by Gasteiger charge is -2.59. The molecule has 0 aromatic rings. The summed E-state index contributed by atoms with van der Waals surface area (Å²) >= 11 is 0. The molecule has 2 bridgehead atoms. The summed E-state index contributed by atoms with van der Waals surface area (Å²) in [6.07, 6.45) is 10.6. The average molecular weight is 453 g/mol. The van der Waals surface area contributed by atoms with Crippen molar-refractivity contribution in [3.63, 3.8) is 0 Å². The minimum atomic E-state index is -0.639. The van der Waals surface area contributed by atoms with E-state index >= 15 is 0 Å². The Kier molecular flexibility index (Phi) is 4.56. The number of carbonyl (C=O) groups excluding carboxylic acids is 2. The molecule has 0 unspecified atom stereocenters. The van der Waals surface area contributed by atoms with Crippen LogP contribution in [0, 0.1) is 40.4 Å². The Morgan fingerprint density at radius 1 is 1.09 bits per heavy atom. The monoisotopic (exact) mass is 452 g/mol. The SMILES string of the molecule is C=C1C(=O)O[C@@H]2C[C@@]1(C)OC[C@H]2[C@H]1CC[C@H]2[C@@H]3CC=C4C=CCC(=O)[C@]4(C)[C@H]3C[C@@H](O)[C@]12C. The molecule has 2 saturated heterocycles. The van der Waals surface area contributed by atoms with E-state index in [2.05, 4.69) is 32.6 Å². The minimum Gasteiger partial charge on any atom is -0.458 e. The molecule has 0 spiro atoms. The number of hydrogen-bond acceptors (Lipinski definition) is 5. The molecule has 2 heterocycles. The summed E-state index contributed by atoms with van der Waals surface area (Å²) in [6, 6.07) is 0. The molecule has 0 amide bonds. The van der Waals surface area contributed by atoms with Crippen LogP contribution in [-0.2, 0) is 19.1 Å². The van der Waals surface area contributed by atoms with Crippen LogP contribution in [0.5, 0.6) is 0 Å². The molecule has 0 aromatic carbocycles. The van der Waals surface area contributed by atoms with E-state index in [9.17, 15) is 14.7 Å². The highest BCUT2D eigenvalue weighted by atomic mass is 16.6. The summed E-state index contributed by atoms with van der Waals surface area (Å²) in [5, 5.41) is 11.7. The van der Waals surface area contributed by atoms with Gasteiger partial charge >= 0.3 is 5.97 Å². The first-order valence-corrected chi connectivity index (χ1v) is 12.7. The second-order valence-corrected chi connectivity index (χ2v) is 12.1. The van der Waals surface area contributed by atoms with E-state index in [4.69, 9.17) is 9.47 Å². The number of rotatable bonds is 1. The van der Waals surface area contributed by atoms with Crippen molar-refractivity contribution in [1.29, 1.82) is 0 Å². The quantitative estimate of drug-likeness (QED) is 0.478. The molecule has 5 nitrogen and oxygen atoms in total. The molecule has 6 aliphatic rings. The molecule has 6 rings (SSSR count). The van der Waals surface area contributed by atoms with E-state index in [1.165, 1.54) is 0 Å². The number of aliphatic hydroxyl groups is 1. The molecule has 10 atom stereocenters. The largest absolute Gasteiger partial charge is 0.458 e.